The Kier molecular flexibility index (Phi) is 2.89. The third-order valence-electron chi connectivity index (χ3n) is 2.97. The average Bonchev–Trinajstić information content (AvgIpc) is 3.07. The van der Waals surface area contributed by atoms with E-state index in [1.54, 1.807) is 10.9 Å². The molecular weight excluding hydrogens is 240 g/mol. The Hall–Kier alpha value is -2.40. The fourth-order valence-electron chi connectivity index (χ4n) is 1.98. The zero-order chi connectivity index (χ0) is 13.2. The van der Waals surface area contributed by atoms with Crippen molar-refractivity contribution in [3.05, 3.63) is 53.9 Å². The Morgan fingerprint density at radius 3 is 2.63 bits per heavy atom. The van der Waals surface area contributed by atoms with Crippen LogP contribution in [-0.4, -0.2) is 15.0 Å². The van der Waals surface area contributed by atoms with Gasteiger partial charge >= 0.3 is 0 Å². The average molecular weight is 254 g/mol. The van der Waals surface area contributed by atoms with Crippen LogP contribution in [0.15, 0.2) is 47.1 Å². The second-order valence-corrected chi connectivity index (χ2v) is 4.31. The van der Waals surface area contributed by atoms with Crippen LogP contribution >= 0.6 is 0 Å². The van der Waals surface area contributed by atoms with Gasteiger partial charge in [-0.1, -0.05) is 22.9 Å². The molecule has 0 unspecified atom stereocenters. The van der Waals surface area contributed by atoms with Crippen molar-refractivity contribution in [2.75, 3.05) is 0 Å². The summed E-state index contributed by atoms with van der Waals surface area (Å²) < 4.78 is 7.20. The molecule has 1 aromatic carbocycles. The summed E-state index contributed by atoms with van der Waals surface area (Å²) in [5.41, 5.74) is 9.37. The van der Waals surface area contributed by atoms with Gasteiger partial charge in [0, 0.05) is 6.54 Å². The molecule has 0 radical (unpaired) electrons. The van der Waals surface area contributed by atoms with E-state index in [0.717, 1.165) is 17.1 Å². The molecule has 19 heavy (non-hydrogen) atoms. The lowest BCUT2D eigenvalue weighted by Gasteiger charge is -2.05. The van der Waals surface area contributed by atoms with Gasteiger partial charge in [0.25, 0.3) is 0 Å². The van der Waals surface area contributed by atoms with Crippen molar-refractivity contribution >= 4 is 0 Å². The number of nitrogens with zero attached hydrogens (tertiary/aromatic N) is 3. The zero-order valence-electron chi connectivity index (χ0n) is 10.6. The number of nitrogens with two attached hydrogens (primary N) is 1. The number of hydrogen-bond donors (Lipinski definition) is 1. The molecule has 0 aliphatic carbocycles. The lowest BCUT2D eigenvalue weighted by atomic mass is 10.2. The van der Waals surface area contributed by atoms with Gasteiger partial charge < -0.3 is 10.2 Å². The first-order chi connectivity index (χ1) is 9.29. The van der Waals surface area contributed by atoms with Crippen molar-refractivity contribution in [2.24, 2.45) is 5.73 Å². The van der Waals surface area contributed by atoms with E-state index in [4.69, 9.17) is 10.2 Å². The first kappa shape index (κ1) is 11.7. The molecule has 0 saturated carbocycles. The highest BCUT2D eigenvalue weighted by atomic mass is 16.3. The third-order valence-corrected chi connectivity index (χ3v) is 2.97. The van der Waals surface area contributed by atoms with Gasteiger partial charge in [0.15, 0.2) is 5.76 Å². The van der Waals surface area contributed by atoms with Crippen molar-refractivity contribution < 1.29 is 4.42 Å². The van der Waals surface area contributed by atoms with E-state index in [2.05, 4.69) is 10.3 Å². The molecule has 0 saturated heterocycles. The summed E-state index contributed by atoms with van der Waals surface area (Å²) >= 11 is 0. The predicted molar refractivity (Wildman–Crippen MR) is 71.7 cm³/mol. The number of hydrogen-bond acceptors (Lipinski definition) is 4. The lowest BCUT2D eigenvalue weighted by molar-refractivity contribution is 0.576. The summed E-state index contributed by atoms with van der Waals surface area (Å²) in [6.45, 7) is 2.37. The molecule has 2 heterocycles. The van der Waals surface area contributed by atoms with Crippen LogP contribution in [0, 0.1) is 6.92 Å². The highest BCUT2D eigenvalue weighted by Gasteiger charge is 2.17. The van der Waals surface area contributed by atoms with Crippen molar-refractivity contribution in [3.63, 3.8) is 0 Å². The molecule has 3 aromatic rings. The largest absolute Gasteiger partial charge is 0.463 e. The summed E-state index contributed by atoms with van der Waals surface area (Å²) in [4.78, 5) is 0. The fourth-order valence-corrected chi connectivity index (χ4v) is 1.98. The van der Waals surface area contributed by atoms with E-state index in [-0.39, 0.29) is 0 Å². The van der Waals surface area contributed by atoms with Crippen LogP contribution in [0.4, 0.5) is 0 Å². The van der Waals surface area contributed by atoms with E-state index in [1.807, 2.05) is 43.3 Å². The summed E-state index contributed by atoms with van der Waals surface area (Å²) in [5.74, 6) is 0.714. The molecule has 0 aliphatic rings. The summed E-state index contributed by atoms with van der Waals surface area (Å²) in [6, 6.07) is 11.8. The van der Waals surface area contributed by atoms with E-state index in [1.165, 1.54) is 5.56 Å². The second kappa shape index (κ2) is 4.70. The maximum absolute atomic E-state index is 5.71. The van der Waals surface area contributed by atoms with Crippen LogP contribution in [-0.2, 0) is 6.54 Å². The van der Waals surface area contributed by atoms with Crippen molar-refractivity contribution in [2.45, 2.75) is 13.5 Å². The standard InChI is InChI=1S/C14H14N4O/c1-10-4-6-11(7-5-10)18-14(12(9-15)16-17-18)13-3-2-8-19-13/h2-8H,9,15H2,1H3. The van der Waals surface area contributed by atoms with Crippen LogP contribution in [0.25, 0.3) is 17.1 Å². The smallest absolute Gasteiger partial charge is 0.154 e. The highest BCUT2D eigenvalue weighted by Crippen LogP contribution is 2.25. The van der Waals surface area contributed by atoms with Gasteiger partial charge in [-0.15, -0.1) is 5.10 Å². The Labute approximate surface area is 110 Å². The molecule has 0 spiro atoms. The van der Waals surface area contributed by atoms with Crippen molar-refractivity contribution in [1.82, 2.24) is 15.0 Å². The number of furan rings is 1. The molecule has 0 bridgehead atoms. The van der Waals surface area contributed by atoms with E-state index in [0.29, 0.717) is 12.3 Å². The maximum atomic E-state index is 5.71. The van der Waals surface area contributed by atoms with Crippen LogP contribution in [0.5, 0.6) is 0 Å². The maximum Gasteiger partial charge on any atom is 0.154 e. The quantitative estimate of drug-likeness (QED) is 0.778. The SMILES string of the molecule is Cc1ccc(-n2nnc(CN)c2-c2ccco2)cc1. The van der Waals surface area contributed by atoms with E-state index in [9.17, 15) is 0 Å². The zero-order valence-corrected chi connectivity index (χ0v) is 10.6. The Morgan fingerprint density at radius 2 is 2.00 bits per heavy atom. The topological polar surface area (TPSA) is 69.9 Å². The van der Waals surface area contributed by atoms with Crippen molar-refractivity contribution in [3.8, 4) is 17.1 Å². The highest BCUT2D eigenvalue weighted by molar-refractivity contribution is 5.58. The van der Waals surface area contributed by atoms with Crippen LogP contribution in [0.2, 0.25) is 0 Å². The van der Waals surface area contributed by atoms with Gasteiger partial charge in [-0.25, -0.2) is 4.68 Å². The first-order valence-electron chi connectivity index (χ1n) is 6.05. The Morgan fingerprint density at radius 1 is 1.21 bits per heavy atom. The minimum Gasteiger partial charge on any atom is -0.463 e. The summed E-state index contributed by atoms with van der Waals surface area (Å²) in [5, 5.41) is 8.29. The lowest BCUT2D eigenvalue weighted by Crippen LogP contribution is -2.02. The predicted octanol–water partition coefficient (Wildman–Crippen LogP) is 2.29. The van der Waals surface area contributed by atoms with Crippen LogP contribution in [0.3, 0.4) is 0 Å². The van der Waals surface area contributed by atoms with Gasteiger partial charge in [-0.3, -0.25) is 0 Å². The van der Waals surface area contributed by atoms with Crippen LogP contribution in [0.1, 0.15) is 11.3 Å². The van der Waals surface area contributed by atoms with E-state index >= 15 is 0 Å². The minimum atomic E-state index is 0.321. The molecule has 5 heteroatoms. The Balaban J connectivity index is 2.17. The molecule has 2 N–H and O–H groups in total. The van der Waals surface area contributed by atoms with Crippen LogP contribution < -0.4 is 5.73 Å². The molecule has 2 aromatic heterocycles. The second-order valence-electron chi connectivity index (χ2n) is 4.31. The third kappa shape index (κ3) is 2.04. The van der Waals surface area contributed by atoms with E-state index < -0.39 is 0 Å². The molecule has 0 aliphatic heterocycles. The first-order valence-corrected chi connectivity index (χ1v) is 6.05. The minimum absolute atomic E-state index is 0.321. The summed E-state index contributed by atoms with van der Waals surface area (Å²) in [7, 11) is 0. The van der Waals surface area contributed by atoms with Gasteiger partial charge in [-0.2, -0.15) is 0 Å². The van der Waals surface area contributed by atoms with Gasteiger partial charge in [0.1, 0.15) is 11.4 Å². The Bertz CT molecular complexity index is 668. The molecular formula is C14H14N4O. The monoisotopic (exact) mass is 254 g/mol. The normalized spacial score (nSPS) is 10.8. The van der Waals surface area contributed by atoms with Crippen molar-refractivity contribution in [1.29, 1.82) is 0 Å². The number of rotatable bonds is 3. The molecule has 5 nitrogen and oxygen atoms in total. The molecule has 0 fully saturated rings. The molecule has 96 valence electrons. The van der Waals surface area contributed by atoms with Gasteiger partial charge in [-0.05, 0) is 31.2 Å². The van der Waals surface area contributed by atoms with Gasteiger partial charge in [0.05, 0.1) is 12.0 Å². The molecule has 0 amide bonds. The molecule has 0 atom stereocenters. The number of aryl methyl sites for hydroxylation is 1. The number of benzene rings is 1. The van der Waals surface area contributed by atoms with Gasteiger partial charge in [0.2, 0.25) is 0 Å². The summed E-state index contributed by atoms with van der Waals surface area (Å²) in [6.07, 6.45) is 1.63. The fraction of sp³-hybridized carbons (Fsp3) is 0.143. The molecule has 3 rings (SSSR count). The number of aromatic nitrogens is 3.